The number of ether oxygens (including phenoxy) is 2. The molecule has 0 aliphatic carbocycles. The molecule has 0 spiro atoms. The molecule has 2 heterocycles. The molecular weight excluding hydrogens is 314 g/mol. The summed E-state index contributed by atoms with van der Waals surface area (Å²) in [4.78, 5) is 25.6. The van der Waals surface area contributed by atoms with Crippen molar-refractivity contribution in [1.29, 1.82) is 0 Å². The highest BCUT2D eigenvalue weighted by Gasteiger charge is 2.32. The number of benzene rings is 1. The number of carbonyl (C=O) groups is 2. The standard InChI is InChI=1S/C16H21N3O5/c1-10(20)8-17-16(22)18-11-6-15(21)19(9-11)12-2-3-13-14(7-12)24-5-4-23-13/h2-3,7,10-11,20H,4-6,8-9H2,1H3,(H2,17,18,22)/t10-,11-/m1/s1. The molecule has 0 aromatic heterocycles. The number of rotatable bonds is 4. The fourth-order valence-corrected chi connectivity index (χ4v) is 2.73. The summed E-state index contributed by atoms with van der Waals surface area (Å²) in [5, 5.41) is 14.5. The summed E-state index contributed by atoms with van der Waals surface area (Å²) >= 11 is 0. The topological polar surface area (TPSA) is 100 Å². The van der Waals surface area contributed by atoms with E-state index < -0.39 is 12.1 Å². The van der Waals surface area contributed by atoms with Crippen LogP contribution in [-0.4, -0.2) is 55.5 Å². The second-order valence-electron chi connectivity index (χ2n) is 5.94. The highest BCUT2D eigenvalue weighted by atomic mass is 16.6. The summed E-state index contributed by atoms with van der Waals surface area (Å²) in [7, 11) is 0. The molecule has 1 aromatic rings. The van der Waals surface area contributed by atoms with Crippen molar-refractivity contribution in [3.05, 3.63) is 18.2 Å². The summed E-state index contributed by atoms with van der Waals surface area (Å²) < 4.78 is 11.0. The molecule has 3 amide bonds. The fraction of sp³-hybridized carbons (Fsp3) is 0.500. The molecule has 0 unspecified atom stereocenters. The first-order valence-electron chi connectivity index (χ1n) is 7.95. The summed E-state index contributed by atoms with van der Waals surface area (Å²) in [6.07, 6.45) is -0.383. The SMILES string of the molecule is C[C@@H](O)CNC(=O)N[C@@H]1CC(=O)N(c2ccc3c(c2)OCCO3)C1. The number of aliphatic hydroxyl groups excluding tert-OH is 1. The summed E-state index contributed by atoms with van der Waals surface area (Å²) in [6.45, 7) is 3.14. The Hall–Kier alpha value is -2.48. The normalized spacial score (nSPS) is 20.7. The van der Waals surface area contributed by atoms with Crippen molar-refractivity contribution in [2.75, 3.05) is 31.2 Å². The third-order valence-electron chi connectivity index (χ3n) is 3.86. The molecule has 0 radical (unpaired) electrons. The van der Waals surface area contributed by atoms with E-state index in [1.54, 1.807) is 30.0 Å². The Morgan fingerprint density at radius 2 is 2.12 bits per heavy atom. The number of nitrogens with zero attached hydrogens (tertiary/aromatic N) is 1. The Kier molecular flexibility index (Phi) is 4.75. The van der Waals surface area contributed by atoms with Gasteiger partial charge in [0, 0.05) is 31.3 Å². The van der Waals surface area contributed by atoms with Crippen LogP contribution in [0.3, 0.4) is 0 Å². The van der Waals surface area contributed by atoms with Crippen molar-refractivity contribution < 1.29 is 24.2 Å². The van der Waals surface area contributed by atoms with E-state index in [4.69, 9.17) is 14.6 Å². The highest BCUT2D eigenvalue weighted by molar-refractivity contribution is 5.97. The van der Waals surface area contributed by atoms with Gasteiger partial charge in [-0.15, -0.1) is 0 Å². The van der Waals surface area contributed by atoms with E-state index in [-0.39, 0.29) is 24.9 Å². The molecule has 3 N–H and O–H groups in total. The van der Waals surface area contributed by atoms with Crippen LogP contribution in [0.1, 0.15) is 13.3 Å². The number of urea groups is 1. The third kappa shape index (κ3) is 3.70. The lowest BCUT2D eigenvalue weighted by Crippen LogP contribution is -2.45. The van der Waals surface area contributed by atoms with Gasteiger partial charge in [0.1, 0.15) is 13.2 Å². The quantitative estimate of drug-likeness (QED) is 0.732. The van der Waals surface area contributed by atoms with Gasteiger partial charge in [-0.05, 0) is 19.1 Å². The van der Waals surface area contributed by atoms with E-state index in [1.165, 1.54) is 0 Å². The van der Waals surface area contributed by atoms with Gasteiger partial charge in [0.25, 0.3) is 0 Å². The van der Waals surface area contributed by atoms with Crippen LogP contribution in [0.25, 0.3) is 0 Å². The van der Waals surface area contributed by atoms with Gasteiger partial charge in [-0.3, -0.25) is 4.79 Å². The molecule has 24 heavy (non-hydrogen) atoms. The Morgan fingerprint density at radius 1 is 1.38 bits per heavy atom. The predicted molar refractivity (Wildman–Crippen MR) is 86.4 cm³/mol. The monoisotopic (exact) mass is 335 g/mol. The summed E-state index contributed by atoms with van der Waals surface area (Å²) in [6, 6.07) is 4.70. The van der Waals surface area contributed by atoms with E-state index in [9.17, 15) is 9.59 Å². The maximum absolute atomic E-state index is 12.2. The number of amides is 3. The van der Waals surface area contributed by atoms with E-state index in [0.717, 1.165) is 5.69 Å². The van der Waals surface area contributed by atoms with Crippen LogP contribution in [-0.2, 0) is 4.79 Å². The van der Waals surface area contributed by atoms with Gasteiger partial charge in [-0.25, -0.2) is 4.79 Å². The van der Waals surface area contributed by atoms with Gasteiger partial charge < -0.3 is 30.1 Å². The molecule has 2 aliphatic heterocycles. The maximum atomic E-state index is 12.2. The first kappa shape index (κ1) is 16.4. The minimum absolute atomic E-state index is 0.0625. The van der Waals surface area contributed by atoms with Crippen LogP contribution in [0, 0.1) is 0 Å². The van der Waals surface area contributed by atoms with Gasteiger partial charge in [-0.1, -0.05) is 0 Å². The van der Waals surface area contributed by atoms with Gasteiger partial charge in [-0.2, -0.15) is 0 Å². The molecule has 8 nitrogen and oxygen atoms in total. The molecular formula is C16H21N3O5. The van der Waals surface area contributed by atoms with E-state index in [1.807, 2.05) is 0 Å². The van der Waals surface area contributed by atoms with Crippen LogP contribution in [0.15, 0.2) is 18.2 Å². The predicted octanol–water partition coefficient (Wildman–Crippen LogP) is 0.243. The maximum Gasteiger partial charge on any atom is 0.315 e. The Labute approximate surface area is 139 Å². The number of fused-ring (bicyclic) bond motifs is 1. The number of nitrogens with one attached hydrogen (secondary N) is 2. The minimum Gasteiger partial charge on any atom is -0.486 e. The number of hydrogen-bond donors (Lipinski definition) is 3. The largest absolute Gasteiger partial charge is 0.486 e. The van der Waals surface area contributed by atoms with Gasteiger partial charge >= 0.3 is 6.03 Å². The fourth-order valence-electron chi connectivity index (χ4n) is 2.73. The second-order valence-corrected chi connectivity index (χ2v) is 5.94. The first-order chi connectivity index (χ1) is 11.5. The van der Waals surface area contributed by atoms with Crippen molar-refractivity contribution in [2.45, 2.75) is 25.5 Å². The van der Waals surface area contributed by atoms with Gasteiger partial charge in [0.15, 0.2) is 11.5 Å². The van der Waals surface area contributed by atoms with Gasteiger partial charge in [0.05, 0.1) is 12.1 Å². The highest BCUT2D eigenvalue weighted by Crippen LogP contribution is 2.35. The lowest BCUT2D eigenvalue weighted by atomic mass is 10.2. The number of aliphatic hydroxyl groups is 1. The molecule has 3 rings (SSSR count). The zero-order valence-corrected chi connectivity index (χ0v) is 13.4. The molecule has 1 saturated heterocycles. The Morgan fingerprint density at radius 3 is 2.88 bits per heavy atom. The van der Waals surface area contributed by atoms with E-state index in [2.05, 4.69) is 10.6 Å². The molecule has 2 aliphatic rings. The van der Waals surface area contributed by atoms with Crippen molar-refractivity contribution in [3.8, 4) is 11.5 Å². The van der Waals surface area contributed by atoms with Crippen LogP contribution >= 0.6 is 0 Å². The van der Waals surface area contributed by atoms with Crippen molar-refractivity contribution >= 4 is 17.6 Å². The smallest absolute Gasteiger partial charge is 0.315 e. The van der Waals surface area contributed by atoms with E-state index in [0.29, 0.717) is 31.3 Å². The number of anilines is 1. The van der Waals surface area contributed by atoms with Crippen LogP contribution in [0.2, 0.25) is 0 Å². The van der Waals surface area contributed by atoms with Crippen LogP contribution < -0.4 is 25.0 Å². The molecule has 130 valence electrons. The minimum atomic E-state index is -0.616. The summed E-state index contributed by atoms with van der Waals surface area (Å²) in [5.41, 5.74) is 0.720. The first-order valence-corrected chi connectivity index (χ1v) is 7.95. The van der Waals surface area contributed by atoms with Crippen molar-refractivity contribution in [2.24, 2.45) is 0 Å². The zero-order valence-electron chi connectivity index (χ0n) is 13.4. The molecule has 2 atom stereocenters. The summed E-state index contributed by atoms with van der Waals surface area (Å²) in [5.74, 6) is 1.23. The molecule has 1 aromatic carbocycles. The molecule has 1 fully saturated rings. The van der Waals surface area contributed by atoms with Crippen LogP contribution in [0.5, 0.6) is 11.5 Å². The average molecular weight is 335 g/mol. The Bertz CT molecular complexity index is 634. The van der Waals surface area contributed by atoms with E-state index >= 15 is 0 Å². The molecule has 0 bridgehead atoms. The molecule has 8 heteroatoms. The zero-order chi connectivity index (χ0) is 17.1. The van der Waals surface area contributed by atoms with Crippen molar-refractivity contribution in [3.63, 3.8) is 0 Å². The third-order valence-corrected chi connectivity index (χ3v) is 3.86. The number of carbonyl (C=O) groups excluding carboxylic acids is 2. The average Bonchev–Trinajstić information content (AvgIpc) is 2.92. The second kappa shape index (κ2) is 6.96. The van der Waals surface area contributed by atoms with Crippen molar-refractivity contribution in [1.82, 2.24) is 10.6 Å². The Balaban J connectivity index is 1.61. The lowest BCUT2D eigenvalue weighted by Gasteiger charge is -2.22. The lowest BCUT2D eigenvalue weighted by molar-refractivity contribution is -0.117. The number of hydrogen-bond acceptors (Lipinski definition) is 5. The molecule has 0 saturated carbocycles. The van der Waals surface area contributed by atoms with Crippen LogP contribution in [0.4, 0.5) is 10.5 Å². The van der Waals surface area contributed by atoms with Gasteiger partial charge in [0.2, 0.25) is 5.91 Å².